The minimum Gasteiger partial charge on any atom is -0.325 e. The van der Waals surface area contributed by atoms with Crippen LogP contribution in [0.25, 0.3) is 11.0 Å². The molecule has 3 aromatic rings. The number of nitrogens with zero attached hydrogens (tertiary/aromatic N) is 5. The number of amides is 1. The summed E-state index contributed by atoms with van der Waals surface area (Å²) in [5.74, 6) is 1.04. The smallest absolute Gasteiger partial charge is 0.325 e. The maximum Gasteiger partial charge on any atom is 0.328 e. The van der Waals surface area contributed by atoms with Crippen LogP contribution in [-0.2, 0) is 31.9 Å². The maximum absolute atomic E-state index is 12.3. The lowest BCUT2D eigenvalue weighted by Crippen LogP contribution is -2.19. The van der Waals surface area contributed by atoms with E-state index in [4.69, 9.17) is 0 Å². The molecule has 3 rings (SSSR count). The van der Waals surface area contributed by atoms with Crippen LogP contribution in [0.1, 0.15) is 19.7 Å². The summed E-state index contributed by atoms with van der Waals surface area (Å²) in [5.41, 5.74) is 2.18. The Kier molecular flexibility index (Phi) is 5.17. The molecule has 1 aromatic carbocycles. The highest BCUT2D eigenvalue weighted by molar-refractivity contribution is 7.99. The van der Waals surface area contributed by atoms with Gasteiger partial charge in [-0.25, -0.2) is 4.79 Å². The fraction of sp³-hybridized carbons (Fsp3) is 0.412. The van der Waals surface area contributed by atoms with Crippen molar-refractivity contribution in [1.82, 2.24) is 23.9 Å². The molecule has 0 aliphatic rings. The van der Waals surface area contributed by atoms with Gasteiger partial charge in [-0.05, 0) is 25.1 Å². The van der Waals surface area contributed by atoms with Crippen LogP contribution in [0, 0.1) is 0 Å². The number of fused-ring (bicyclic) bond motifs is 1. The van der Waals surface area contributed by atoms with Gasteiger partial charge in [0.15, 0.2) is 5.16 Å². The van der Waals surface area contributed by atoms with E-state index in [1.165, 1.54) is 11.8 Å². The first-order valence-electron chi connectivity index (χ1n) is 8.46. The Labute approximate surface area is 155 Å². The molecule has 0 unspecified atom stereocenters. The van der Waals surface area contributed by atoms with Gasteiger partial charge >= 0.3 is 5.69 Å². The summed E-state index contributed by atoms with van der Waals surface area (Å²) in [6, 6.07) is 5.44. The Bertz CT molecular complexity index is 1020. The molecule has 0 aliphatic heterocycles. The third-order valence-electron chi connectivity index (χ3n) is 4.31. The van der Waals surface area contributed by atoms with Crippen molar-refractivity contribution in [2.45, 2.75) is 32.0 Å². The lowest BCUT2D eigenvalue weighted by molar-refractivity contribution is -0.113. The average Bonchev–Trinajstić information content (AvgIpc) is 3.14. The van der Waals surface area contributed by atoms with E-state index >= 15 is 0 Å². The summed E-state index contributed by atoms with van der Waals surface area (Å²) in [6.45, 7) is 4.84. The predicted molar refractivity (Wildman–Crippen MR) is 103 cm³/mol. The molecule has 0 spiro atoms. The van der Waals surface area contributed by atoms with Crippen molar-refractivity contribution < 1.29 is 4.79 Å². The normalized spacial score (nSPS) is 11.2. The van der Waals surface area contributed by atoms with E-state index in [1.807, 2.05) is 30.5 Å². The van der Waals surface area contributed by atoms with Crippen LogP contribution in [0.4, 0.5) is 5.69 Å². The lowest BCUT2D eigenvalue weighted by atomic mass is 10.2. The molecule has 0 atom stereocenters. The van der Waals surface area contributed by atoms with E-state index in [9.17, 15) is 9.59 Å². The average molecular weight is 374 g/mol. The van der Waals surface area contributed by atoms with Crippen molar-refractivity contribution in [2.24, 2.45) is 14.1 Å². The van der Waals surface area contributed by atoms with Gasteiger partial charge in [-0.1, -0.05) is 18.7 Å². The molecule has 138 valence electrons. The second-order valence-corrected chi connectivity index (χ2v) is 6.88. The SMILES string of the molecule is CCc1nnc(SCC(=O)Nc2ccc3c(c2)n(C)c(=O)n3C)n1CC. The summed E-state index contributed by atoms with van der Waals surface area (Å²) in [6.07, 6.45) is 0.809. The van der Waals surface area contributed by atoms with Gasteiger partial charge in [-0.15, -0.1) is 10.2 Å². The summed E-state index contributed by atoms with van der Waals surface area (Å²) < 4.78 is 5.17. The zero-order valence-electron chi connectivity index (χ0n) is 15.3. The fourth-order valence-corrected chi connectivity index (χ4v) is 3.74. The van der Waals surface area contributed by atoms with Crippen molar-refractivity contribution in [3.63, 3.8) is 0 Å². The monoisotopic (exact) mass is 374 g/mol. The molecule has 0 fully saturated rings. The number of nitrogens with one attached hydrogen (secondary N) is 1. The molecule has 8 nitrogen and oxygen atoms in total. The van der Waals surface area contributed by atoms with Crippen molar-refractivity contribution >= 4 is 34.4 Å². The number of aryl methyl sites for hydroxylation is 3. The number of thioether (sulfide) groups is 1. The lowest BCUT2D eigenvalue weighted by Gasteiger charge is -2.07. The van der Waals surface area contributed by atoms with E-state index in [1.54, 1.807) is 29.3 Å². The van der Waals surface area contributed by atoms with Gasteiger partial charge in [0.1, 0.15) is 5.82 Å². The van der Waals surface area contributed by atoms with Crippen LogP contribution in [0.2, 0.25) is 0 Å². The Morgan fingerprint density at radius 3 is 2.58 bits per heavy atom. The largest absolute Gasteiger partial charge is 0.328 e. The van der Waals surface area contributed by atoms with Crippen LogP contribution in [0.15, 0.2) is 28.2 Å². The molecular weight excluding hydrogens is 352 g/mol. The van der Waals surface area contributed by atoms with Crippen LogP contribution in [0.5, 0.6) is 0 Å². The van der Waals surface area contributed by atoms with E-state index in [0.29, 0.717) is 5.69 Å². The molecule has 9 heteroatoms. The highest BCUT2D eigenvalue weighted by atomic mass is 32.2. The first kappa shape index (κ1) is 18.2. The number of benzene rings is 1. The standard InChI is InChI=1S/C17H22N6O2S/c1-5-14-19-20-16(23(14)6-2)26-10-15(24)18-11-7-8-12-13(9-11)22(4)17(25)21(12)3/h7-9H,5-6,10H2,1-4H3,(H,18,24). The number of anilines is 1. The molecule has 0 bridgehead atoms. The van der Waals surface area contributed by atoms with Gasteiger partial charge in [0.25, 0.3) is 0 Å². The minimum atomic E-state index is -0.126. The molecule has 2 aromatic heterocycles. The topological polar surface area (TPSA) is 86.7 Å². The van der Waals surface area contributed by atoms with Crippen molar-refractivity contribution in [3.8, 4) is 0 Å². The van der Waals surface area contributed by atoms with Crippen LogP contribution >= 0.6 is 11.8 Å². The highest BCUT2D eigenvalue weighted by Gasteiger charge is 2.13. The number of hydrogen-bond donors (Lipinski definition) is 1. The number of carbonyl (C=O) groups is 1. The summed E-state index contributed by atoms with van der Waals surface area (Å²) in [4.78, 5) is 24.3. The second kappa shape index (κ2) is 7.36. The predicted octanol–water partition coefficient (Wildman–Crippen LogP) is 1.78. The number of imidazole rings is 1. The van der Waals surface area contributed by atoms with Gasteiger partial charge in [-0.3, -0.25) is 13.9 Å². The van der Waals surface area contributed by atoms with E-state index in [-0.39, 0.29) is 17.3 Å². The molecule has 1 amide bonds. The fourth-order valence-electron chi connectivity index (χ4n) is 2.92. The molecule has 0 aliphatic carbocycles. The molecule has 1 N–H and O–H groups in total. The molecule has 26 heavy (non-hydrogen) atoms. The van der Waals surface area contributed by atoms with Crippen molar-refractivity contribution in [2.75, 3.05) is 11.1 Å². The highest BCUT2D eigenvalue weighted by Crippen LogP contribution is 2.20. The van der Waals surface area contributed by atoms with Gasteiger partial charge in [0.05, 0.1) is 16.8 Å². The zero-order valence-corrected chi connectivity index (χ0v) is 16.1. The minimum absolute atomic E-state index is 0.0929. The quantitative estimate of drug-likeness (QED) is 0.665. The van der Waals surface area contributed by atoms with Crippen LogP contribution in [0.3, 0.4) is 0 Å². The molecular formula is C17H22N6O2S. The van der Waals surface area contributed by atoms with E-state index in [0.717, 1.165) is 35.0 Å². The van der Waals surface area contributed by atoms with Gasteiger partial charge in [0, 0.05) is 32.7 Å². The first-order chi connectivity index (χ1) is 12.5. The summed E-state index contributed by atoms with van der Waals surface area (Å²) in [7, 11) is 3.45. The number of rotatable bonds is 6. The number of aromatic nitrogens is 5. The van der Waals surface area contributed by atoms with Crippen molar-refractivity contribution in [1.29, 1.82) is 0 Å². The molecule has 0 saturated carbocycles. The van der Waals surface area contributed by atoms with E-state index in [2.05, 4.69) is 15.5 Å². The van der Waals surface area contributed by atoms with Crippen LogP contribution < -0.4 is 11.0 Å². The van der Waals surface area contributed by atoms with E-state index < -0.39 is 0 Å². The number of carbonyl (C=O) groups excluding carboxylic acids is 1. The molecule has 0 radical (unpaired) electrons. The van der Waals surface area contributed by atoms with Crippen molar-refractivity contribution in [3.05, 3.63) is 34.5 Å². The van der Waals surface area contributed by atoms with Crippen LogP contribution in [-0.4, -0.2) is 35.6 Å². The summed E-state index contributed by atoms with van der Waals surface area (Å²) in [5, 5.41) is 11.9. The second-order valence-electron chi connectivity index (χ2n) is 5.94. The molecule has 2 heterocycles. The Hall–Kier alpha value is -2.55. The first-order valence-corrected chi connectivity index (χ1v) is 9.45. The Morgan fingerprint density at radius 2 is 1.88 bits per heavy atom. The third kappa shape index (κ3) is 3.26. The summed E-state index contributed by atoms with van der Waals surface area (Å²) >= 11 is 1.37. The van der Waals surface area contributed by atoms with Gasteiger partial charge in [0.2, 0.25) is 5.91 Å². The Balaban J connectivity index is 1.70. The molecule has 0 saturated heterocycles. The Morgan fingerprint density at radius 1 is 1.15 bits per heavy atom. The number of hydrogen-bond acceptors (Lipinski definition) is 5. The van der Waals surface area contributed by atoms with Gasteiger partial charge < -0.3 is 9.88 Å². The van der Waals surface area contributed by atoms with Gasteiger partial charge in [-0.2, -0.15) is 0 Å². The third-order valence-corrected chi connectivity index (χ3v) is 5.28. The maximum atomic E-state index is 12.3. The zero-order chi connectivity index (χ0) is 18.8.